The van der Waals surface area contributed by atoms with Crippen LogP contribution in [0.2, 0.25) is 0 Å². The van der Waals surface area contributed by atoms with Crippen LogP contribution >= 0.6 is 0 Å². The van der Waals surface area contributed by atoms with E-state index in [0.717, 1.165) is 12.8 Å². The summed E-state index contributed by atoms with van der Waals surface area (Å²) in [4.78, 5) is 2.33. The lowest BCUT2D eigenvalue weighted by Crippen LogP contribution is -2.43. The molecule has 3 rings (SSSR count). The molecule has 2 aromatic rings. The molecule has 1 aliphatic rings. The van der Waals surface area contributed by atoms with Crippen LogP contribution in [-0.2, 0) is 0 Å². The molecule has 0 saturated heterocycles. The Hall–Kier alpha value is -1.38. The first kappa shape index (κ1) is 12.6. The van der Waals surface area contributed by atoms with Gasteiger partial charge in [0.05, 0.1) is 0 Å². The van der Waals surface area contributed by atoms with Gasteiger partial charge in [-0.25, -0.2) is 0 Å². The second-order valence-corrected chi connectivity index (χ2v) is 6.01. The fraction of sp³-hybridized carbons (Fsp3) is 0.412. The molecule has 0 radical (unpaired) electrons. The van der Waals surface area contributed by atoms with Crippen molar-refractivity contribution in [1.82, 2.24) is 4.90 Å². The number of nitrogens with zero attached hydrogens (tertiary/aromatic N) is 1. The van der Waals surface area contributed by atoms with E-state index < -0.39 is 0 Å². The van der Waals surface area contributed by atoms with Gasteiger partial charge in [0, 0.05) is 12.1 Å². The van der Waals surface area contributed by atoms with Crippen molar-refractivity contribution in [2.45, 2.75) is 24.9 Å². The van der Waals surface area contributed by atoms with Crippen molar-refractivity contribution in [2.75, 3.05) is 14.1 Å². The van der Waals surface area contributed by atoms with E-state index in [4.69, 9.17) is 5.73 Å². The van der Waals surface area contributed by atoms with Crippen LogP contribution in [0.15, 0.2) is 42.5 Å². The number of fused-ring (bicyclic) bond motifs is 1. The minimum absolute atomic E-state index is 0.410. The van der Waals surface area contributed by atoms with Gasteiger partial charge in [-0.05, 0) is 55.3 Å². The first-order chi connectivity index (χ1) is 9.15. The number of nitrogens with two attached hydrogens (primary N) is 1. The fourth-order valence-corrected chi connectivity index (χ4v) is 3.35. The monoisotopic (exact) mass is 254 g/mol. The maximum Gasteiger partial charge on any atom is 0.0371 e. The minimum atomic E-state index is 0.410. The predicted octanol–water partition coefficient (Wildman–Crippen LogP) is 3.18. The topological polar surface area (TPSA) is 29.3 Å². The molecule has 0 aromatic heterocycles. The van der Waals surface area contributed by atoms with Gasteiger partial charge in [0.15, 0.2) is 0 Å². The summed E-state index contributed by atoms with van der Waals surface area (Å²) in [5, 5.41) is 2.64. The molecule has 1 fully saturated rings. The summed E-state index contributed by atoms with van der Waals surface area (Å²) in [5.74, 6) is 0.700. The lowest BCUT2D eigenvalue weighted by Gasteiger charge is -2.42. The van der Waals surface area contributed by atoms with Gasteiger partial charge in [-0.15, -0.1) is 0 Å². The van der Waals surface area contributed by atoms with Gasteiger partial charge in [0.1, 0.15) is 0 Å². The van der Waals surface area contributed by atoms with Crippen LogP contribution in [0.1, 0.15) is 24.4 Å². The molecule has 0 heterocycles. The number of rotatable bonds is 3. The normalized spacial score (nSPS) is 24.4. The third kappa shape index (κ3) is 2.38. The summed E-state index contributed by atoms with van der Waals surface area (Å²) >= 11 is 0. The summed E-state index contributed by atoms with van der Waals surface area (Å²) in [5.41, 5.74) is 7.37. The molecule has 0 spiro atoms. The third-order valence-electron chi connectivity index (χ3n) is 4.33. The molecule has 0 bridgehead atoms. The Morgan fingerprint density at radius 1 is 1.05 bits per heavy atom. The molecule has 1 saturated carbocycles. The molecule has 2 nitrogen and oxygen atoms in total. The number of hydrogen-bond donors (Lipinski definition) is 1. The molecule has 0 amide bonds. The standard InChI is InChI=1S/C17H22N2/c1-19(2)17(15-10-16(18)11-15)14-8-7-12-5-3-4-6-13(12)9-14/h3-9,15-17H,10-11,18H2,1-2H3. The summed E-state index contributed by atoms with van der Waals surface area (Å²) < 4.78 is 0. The molecule has 2 N–H and O–H groups in total. The average molecular weight is 254 g/mol. The van der Waals surface area contributed by atoms with Gasteiger partial charge in [0.25, 0.3) is 0 Å². The largest absolute Gasteiger partial charge is 0.328 e. The summed E-state index contributed by atoms with van der Waals surface area (Å²) in [7, 11) is 4.34. The van der Waals surface area contributed by atoms with E-state index in [2.05, 4.69) is 61.5 Å². The molecular weight excluding hydrogens is 232 g/mol. The van der Waals surface area contributed by atoms with Crippen LogP contribution in [0.3, 0.4) is 0 Å². The number of hydrogen-bond acceptors (Lipinski definition) is 2. The molecular formula is C17H22N2. The van der Waals surface area contributed by atoms with Crippen molar-refractivity contribution in [2.24, 2.45) is 11.7 Å². The van der Waals surface area contributed by atoms with E-state index in [1.807, 2.05) is 0 Å². The Morgan fingerprint density at radius 2 is 1.74 bits per heavy atom. The van der Waals surface area contributed by atoms with Crippen molar-refractivity contribution in [1.29, 1.82) is 0 Å². The lowest BCUT2D eigenvalue weighted by atomic mass is 9.73. The Bertz CT molecular complexity index is 570. The molecule has 1 aliphatic carbocycles. The predicted molar refractivity (Wildman–Crippen MR) is 81.1 cm³/mol. The first-order valence-corrected chi connectivity index (χ1v) is 7.06. The highest BCUT2D eigenvalue weighted by Crippen LogP contribution is 2.40. The van der Waals surface area contributed by atoms with Crippen molar-refractivity contribution in [3.8, 4) is 0 Å². The van der Waals surface area contributed by atoms with E-state index in [1.165, 1.54) is 16.3 Å². The van der Waals surface area contributed by atoms with Gasteiger partial charge >= 0.3 is 0 Å². The summed E-state index contributed by atoms with van der Waals surface area (Å²) in [6.45, 7) is 0. The van der Waals surface area contributed by atoms with E-state index in [0.29, 0.717) is 18.0 Å². The van der Waals surface area contributed by atoms with Crippen molar-refractivity contribution >= 4 is 10.8 Å². The fourth-order valence-electron chi connectivity index (χ4n) is 3.35. The van der Waals surface area contributed by atoms with Crippen LogP contribution in [0.4, 0.5) is 0 Å². The maximum atomic E-state index is 5.96. The van der Waals surface area contributed by atoms with Crippen molar-refractivity contribution in [3.05, 3.63) is 48.0 Å². The Kier molecular flexibility index (Phi) is 3.29. The zero-order chi connectivity index (χ0) is 13.4. The lowest BCUT2D eigenvalue weighted by molar-refractivity contribution is 0.123. The molecule has 1 unspecified atom stereocenters. The quantitative estimate of drug-likeness (QED) is 0.911. The molecule has 100 valence electrons. The van der Waals surface area contributed by atoms with Crippen molar-refractivity contribution < 1.29 is 0 Å². The van der Waals surface area contributed by atoms with E-state index in [1.54, 1.807) is 0 Å². The Labute approximate surface area is 115 Å². The van der Waals surface area contributed by atoms with Crippen molar-refractivity contribution in [3.63, 3.8) is 0 Å². The molecule has 19 heavy (non-hydrogen) atoms. The van der Waals surface area contributed by atoms with Gasteiger partial charge in [-0.2, -0.15) is 0 Å². The van der Waals surface area contributed by atoms with Crippen LogP contribution in [0, 0.1) is 5.92 Å². The smallest absolute Gasteiger partial charge is 0.0371 e. The van der Waals surface area contributed by atoms with Gasteiger partial charge < -0.3 is 10.6 Å². The van der Waals surface area contributed by atoms with Gasteiger partial charge in [0.2, 0.25) is 0 Å². The van der Waals surface area contributed by atoms with Crippen LogP contribution in [0.5, 0.6) is 0 Å². The molecule has 2 heteroatoms. The first-order valence-electron chi connectivity index (χ1n) is 7.06. The highest BCUT2D eigenvalue weighted by molar-refractivity contribution is 5.83. The Balaban J connectivity index is 1.95. The highest BCUT2D eigenvalue weighted by Gasteiger charge is 2.34. The van der Waals surface area contributed by atoms with E-state index >= 15 is 0 Å². The van der Waals surface area contributed by atoms with E-state index in [-0.39, 0.29) is 0 Å². The molecule has 0 aliphatic heterocycles. The third-order valence-corrected chi connectivity index (χ3v) is 4.33. The second-order valence-electron chi connectivity index (χ2n) is 6.01. The van der Waals surface area contributed by atoms with Gasteiger partial charge in [-0.3, -0.25) is 0 Å². The van der Waals surface area contributed by atoms with Crippen LogP contribution < -0.4 is 5.73 Å². The second kappa shape index (κ2) is 4.95. The van der Waals surface area contributed by atoms with Crippen LogP contribution in [-0.4, -0.2) is 25.0 Å². The van der Waals surface area contributed by atoms with Gasteiger partial charge in [-0.1, -0.05) is 36.4 Å². The Morgan fingerprint density at radius 3 is 2.37 bits per heavy atom. The molecule has 2 aromatic carbocycles. The molecule has 1 atom stereocenters. The average Bonchev–Trinajstić information content (AvgIpc) is 2.36. The zero-order valence-electron chi connectivity index (χ0n) is 11.7. The van der Waals surface area contributed by atoms with Crippen LogP contribution in [0.25, 0.3) is 10.8 Å². The number of benzene rings is 2. The van der Waals surface area contributed by atoms with E-state index in [9.17, 15) is 0 Å². The highest BCUT2D eigenvalue weighted by atomic mass is 15.1. The minimum Gasteiger partial charge on any atom is -0.328 e. The summed E-state index contributed by atoms with van der Waals surface area (Å²) in [6, 6.07) is 16.3. The zero-order valence-corrected chi connectivity index (χ0v) is 11.7. The maximum absolute atomic E-state index is 5.96. The summed E-state index contributed by atoms with van der Waals surface area (Å²) in [6.07, 6.45) is 2.30. The SMILES string of the molecule is CN(C)C(c1ccc2ccccc2c1)C1CC(N)C1.